The SMILES string of the molecule is CCN(CC(=O)O)C1CC(Nc2cccc(C(F)(F)F)n2)C1. The number of anilines is 1. The van der Waals surface area contributed by atoms with Crippen LogP contribution in [0.25, 0.3) is 0 Å². The van der Waals surface area contributed by atoms with Gasteiger partial charge in [-0.2, -0.15) is 13.2 Å². The first-order chi connectivity index (χ1) is 10.3. The minimum Gasteiger partial charge on any atom is -0.480 e. The Balaban J connectivity index is 1.89. The molecule has 0 atom stereocenters. The van der Waals surface area contributed by atoms with E-state index in [1.54, 1.807) is 0 Å². The van der Waals surface area contributed by atoms with Gasteiger partial charge in [-0.15, -0.1) is 0 Å². The van der Waals surface area contributed by atoms with Crippen LogP contribution in [0.2, 0.25) is 0 Å². The van der Waals surface area contributed by atoms with Crippen molar-refractivity contribution in [3.8, 4) is 0 Å². The van der Waals surface area contributed by atoms with Gasteiger partial charge in [0, 0.05) is 12.1 Å². The van der Waals surface area contributed by atoms with E-state index in [2.05, 4.69) is 10.3 Å². The number of halogens is 3. The summed E-state index contributed by atoms with van der Waals surface area (Å²) in [5.74, 6) is -0.683. The first-order valence-corrected chi connectivity index (χ1v) is 7.06. The third kappa shape index (κ3) is 4.09. The van der Waals surface area contributed by atoms with E-state index in [-0.39, 0.29) is 24.4 Å². The molecule has 0 aromatic carbocycles. The van der Waals surface area contributed by atoms with E-state index in [9.17, 15) is 18.0 Å². The summed E-state index contributed by atoms with van der Waals surface area (Å²) < 4.78 is 37.8. The summed E-state index contributed by atoms with van der Waals surface area (Å²) in [7, 11) is 0. The number of hydrogen-bond acceptors (Lipinski definition) is 4. The van der Waals surface area contributed by atoms with E-state index in [1.165, 1.54) is 12.1 Å². The molecular weight excluding hydrogens is 299 g/mol. The highest BCUT2D eigenvalue weighted by atomic mass is 19.4. The molecule has 0 spiro atoms. The summed E-state index contributed by atoms with van der Waals surface area (Å²) in [5.41, 5.74) is -0.922. The summed E-state index contributed by atoms with van der Waals surface area (Å²) in [6.45, 7) is 2.50. The lowest BCUT2D eigenvalue weighted by atomic mass is 9.85. The van der Waals surface area contributed by atoms with Crippen LogP contribution in [0, 0.1) is 0 Å². The summed E-state index contributed by atoms with van der Waals surface area (Å²) in [6, 6.07) is 3.91. The highest BCUT2D eigenvalue weighted by molar-refractivity contribution is 5.69. The van der Waals surface area contributed by atoms with Crippen LogP contribution in [0.3, 0.4) is 0 Å². The Morgan fingerprint density at radius 3 is 2.68 bits per heavy atom. The molecule has 1 aliphatic rings. The summed E-state index contributed by atoms with van der Waals surface area (Å²) in [5, 5.41) is 11.8. The molecular formula is C14H18F3N3O2. The number of carboxylic acid groups (broad SMARTS) is 1. The van der Waals surface area contributed by atoms with Crippen molar-refractivity contribution in [1.82, 2.24) is 9.88 Å². The van der Waals surface area contributed by atoms with Crippen molar-refractivity contribution in [3.05, 3.63) is 23.9 Å². The Hall–Kier alpha value is -1.83. The van der Waals surface area contributed by atoms with Crippen LogP contribution in [0.1, 0.15) is 25.5 Å². The molecule has 1 aromatic rings. The zero-order valence-electron chi connectivity index (χ0n) is 12.1. The van der Waals surface area contributed by atoms with Crippen molar-refractivity contribution in [2.45, 2.75) is 38.0 Å². The second kappa shape index (κ2) is 6.51. The van der Waals surface area contributed by atoms with Crippen LogP contribution >= 0.6 is 0 Å². The van der Waals surface area contributed by atoms with Gasteiger partial charge in [-0.3, -0.25) is 9.69 Å². The minimum atomic E-state index is -4.46. The number of pyridine rings is 1. The predicted octanol–water partition coefficient (Wildman–Crippen LogP) is 2.45. The van der Waals surface area contributed by atoms with Crippen LogP contribution in [-0.4, -0.2) is 46.1 Å². The van der Waals surface area contributed by atoms with Crippen molar-refractivity contribution in [2.75, 3.05) is 18.4 Å². The van der Waals surface area contributed by atoms with Gasteiger partial charge in [0.25, 0.3) is 0 Å². The highest BCUT2D eigenvalue weighted by Crippen LogP contribution is 2.31. The monoisotopic (exact) mass is 317 g/mol. The largest absolute Gasteiger partial charge is 0.480 e. The van der Waals surface area contributed by atoms with E-state index >= 15 is 0 Å². The number of aromatic nitrogens is 1. The number of carbonyl (C=O) groups is 1. The van der Waals surface area contributed by atoms with Crippen molar-refractivity contribution in [1.29, 1.82) is 0 Å². The predicted molar refractivity (Wildman–Crippen MR) is 74.6 cm³/mol. The fraction of sp³-hybridized carbons (Fsp3) is 0.571. The lowest BCUT2D eigenvalue weighted by Crippen LogP contribution is -2.51. The molecule has 1 saturated carbocycles. The topological polar surface area (TPSA) is 65.5 Å². The second-order valence-electron chi connectivity index (χ2n) is 5.33. The molecule has 22 heavy (non-hydrogen) atoms. The summed E-state index contributed by atoms with van der Waals surface area (Å²) >= 11 is 0. The number of rotatable bonds is 6. The molecule has 0 amide bonds. The second-order valence-corrected chi connectivity index (χ2v) is 5.33. The third-order valence-electron chi connectivity index (χ3n) is 3.77. The average molecular weight is 317 g/mol. The molecule has 2 rings (SSSR count). The van der Waals surface area contributed by atoms with E-state index < -0.39 is 17.8 Å². The number of aliphatic carboxylic acids is 1. The first kappa shape index (κ1) is 16.5. The quantitative estimate of drug-likeness (QED) is 0.844. The smallest absolute Gasteiger partial charge is 0.433 e. The molecule has 1 aliphatic carbocycles. The molecule has 1 aromatic heterocycles. The van der Waals surface area contributed by atoms with Crippen LogP contribution in [0.15, 0.2) is 18.2 Å². The maximum atomic E-state index is 12.6. The lowest BCUT2D eigenvalue weighted by molar-refractivity contribution is -0.141. The number of hydrogen-bond donors (Lipinski definition) is 2. The fourth-order valence-electron chi connectivity index (χ4n) is 2.56. The van der Waals surface area contributed by atoms with Crippen LogP contribution in [0.5, 0.6) is 0 Å². The highest BCUT2D eigenvalue weighted by Gasteiger charge is 2.35. The molecule has 122 valence electrons. The van der Waals surface area contributed by atoms with Crippen LogP contribution in [-0.2, 0) is 11.0 Å². The van der Waals surface area contributed by atoms with Gasteiger partial charge in [-0.05, 0) is 31.5 Å². The van der Waals surface area contributed by atoms with E-state index in [1.807, 2.05) is 11.8 Å². The Labute approximate surface area is 126 Å². The Bertz CT molecular complexity index is 530. The number of carboxylic acids is 1. The minimum absolute atomic E-state index is 0.0174. The molecule has 1 heterocycles. The lowest BCUT2D eigenvalue weighted by Gasteiger charge is -2.42. The van der Waals surface area contributed by atoms with Crippen molar-refractivity contribution in [3.63, 3.8) is 0 Å². The molecule has 0 saturated heterocycles. The van der Waals surface area contributed by atoms with Crippen molar-refractivity contribution >= 4 is 11.8 Å². The van der Waals surface area contributed by atoms with Gasteiger partial charge < -0.3 is 10.4 Å². The first-order valence-electron chi connectivity index (χ1n) is 7.06. The number of nitrogens with zero attached hydrogens (tertiary/aromatic N) is 2. The van der Waals surface area contributed by atoms with Gasteiger partial charge in [0.15, 0.2) is 0 Å². The number of nitrogens with one attached hydrogen (secondary N) is 1. The molecule has 0 bridgehead atoms. The fourth-order valence-corrected chi connectivity index (χ4v) is 2.56. The zero-order valence-corrected chi connectivity index (χ0v) is 12.1. The summed E-state index contributed by atoms with van der Waals surface area (Å²) in [4.78, 5) is 16.2. The Morgan fingerprint density at radius 2 is 2.14 bits per heavy atom. The molecule has 2 N–H and O–H groups in total. The van der Waals surface area contributed by atoms with Crippen LogP contribution < -0.4 is 5.32 Å². The van der Waals surface area contributed by atoms with Gasteiger partial charge in [0.2, 0.25) is 0 Å². The number of alkyl halides is 3. The van der Waals surface area contributed by atoms with Crippen LogP contribution in [0.4, 0.5) is 19.0 Å². The van der Waals surface area contributed by atoms with E-state index in [0.29, 0.717) is 19.4 Å². The van der Waals surface area contributed by atoms with E-state index in [0.717, 1.165) is 6.07 Å². The molecule has 1 fully saturated rings. The Kier molecular flexibility index (Phi) is 4.90. The van der Waals surface area contributed by atoms with Gasteiger partial charge in [-0.1, -0.05) is 13.0 Å². The summed E-state index contributed by atoms with van der Waals surface area (Å²) in [6.07, 6.45) is -3.07. The Morgan fingerprint density at radius 1 is 1.45 bits per heavy atom. The molecule has 5 nitrogen and oxygen atoms in total. The maximum Gasteiger partial charge on any atom is 0.433 e. The van der Waals surface area contributed by atoms with Crippen molar-refractivity contribution < 1.29 is 23.1 Å². The molecule has 0 unspecified atom stereocenters. The number of likely N-dealkylation sites (N-methyl/N-ethyl adjacent to an activating group) is 1. The maximum absolute atomic E-state index is 12.6. The van der Waals surface area contributed by atoms with Gasteiger partial charge in [0.1, 0.15) is 11.5 Å². The normalized spacial score (nSPS) is 21.5. The van der Waals surface area contributed by atoms with E-state index in [4.69, 9.17) is 5.11 Å². The zero-order chi connectivity index (χ0) is 16.3. The average Bonchev–Trinajstić information content (AvgIpc) is 2.39. The molecule has 0 radical (unpaired) electrons. The van der Waals surface area contributed by atoms with Gasteiger partial charge in [0.05, 0.1) is 6.54 Å². The standard InChI is InChI=1S/C14H18F3N3O2/c1-2-20(8-13(21)22)10-6-9(7-10)18-12-5-3-4-11(19-12)14(15,16)17/h3-5,9-10H,2,6-8H2,1H3,(H,18,19)(H,21,22). The molecule has 0 aliphatic heterocycles. The van der Waals surface area contributed by atoms with Gasteiger partial charge in [-0.25, -0.2) is 4.98 Å². The molecule has 8 heteroatoms. The third-order valence-corrected chi connectivity index (χ3v) is 3.77. The van der Waals surface area contributed by atoms with Crippen molar-refractivity contribution in [2.24, 2.45) is 0 Å². The van der Waals surface area contributed by atoms with Gasteiger partial charge >= 0.3 is 12.1 Å².